The molecule has 0 aliphatic rings. The van der Waals surface area contributed by atoms with Gasteiger partial charge in [0.25, 0.3) is 0 Å². The summed E-state index contributed by atoms with van der Waals surface area (Å²) in [6.45, 7) is 4.01. The summed E-state index contributed by atoms with van der Waals surface area (Å²) in [6.07, 6.45) is 3.02. The summed E-state index contributed by atoms with van der Waals surface area (Å²) in [5, 5.41) is -0.0405. The van der Waals surface area contributed by atoms with Crippen LogP contribution in [-0.4, -0.2) is 17.7 Å². The van der Waals surface area contributed by atoms with Crippen molar-refractivity contribution in [3.63, 3.8) is 0 Å². The maximum Gasteiger partial charge on any atom is 0.339 e. The highest BCUT2D eigenvalue weighted by atomic mass is 32.2. The zero-order valence-corrected chi connectivity index (χ0v) is 11.6. The Morgan fingerprint density at radius 1 is 1.22 bits per heavy atom. The number of carbonyl (C=O) groups excluding carboxylic acids is 2. The zero-order chi connectivity index (χ0) is 13.4. The summed E-state index contributed by atoms with van der Waals surface area (Å²) in [5.74, 6) is -0.351. The van der Waals surface area contributed by atoms with Gasteiger partial charge < -0.3 is 4.74 Å². The lowest BCUT2D eigenvalue weighted by molar-refractivity contribution is -0.109. The Labute approximate surface area is 112 Å². The highest BCUT2D eigenvalue weighted by molar-refractivity contribution is 8.13. The Kier molecular flexibility index (Phi) is 6.50. The predicted molar refractivity (Wildman–Crippen MR) is 72.8 cm³/mol. The molecule has 18 heavy (non-hydrogen) atoms. The van der Waals surface area contributed by atoms with Gasteiger partial charge >= 0.3 is 5.97 Å². The largest absolute Gasteiger partial charge is 0.462 e. The molecule has 0 amide bonds. The monoisotopic (exact) mass is 266 g/mol. The van der Waals surface area contributed by atoms with Gasteiger partial charge in [-0.15, -0.1) is 0 Å². The summed E-state index contributed by atoms with van der Waals surface area (Å²) < 4.78 is 5.19. The third-order valence-electron chi connectivity index (χ3n) is 2.34. The van der Waals surface area contributed by atoms with Crippen LogP contribution in [0.25, 0.3) is 0 Å². The van der Waals surface area contributed by atoms with Crippen molar-refractivity contribution < 1.29 is 14.3 Å². The van der Waals surface area contributed by atoms with E-state index in [0.717, 1.165) is 31.0 Å². The van der Waals surface area contributed by atoms with Crippen LogP contribution in [0, 0.1) is 0 Å². The van der Waals surface area contributed by atoms with Crippen molar-refractivity contribution in [3.8, 4) is 0 Å². The van der Waals surface area contributed by atoms with Gasteiger partial charge in [0, 0.05) is 11.8 Å². The van der Waals surface area contributed by atoms with Crippen LogP contribution in [-0.2, 0) is 9.53 Å². The maximum atomic E-state index is 11.9. The summed E-state index contributed by atoms with van der Waals surface area (Å²) in [7, 11) is 0. The number of esters is 1. The Hall–Kier alpha value is -1.29. The normalized spacial score (nSPS) is 10.1. The van der Waals surface area contributed by atoms with Crippen LogP contribution in [0.2, 0.25) is 0 Å². The van der Waals surface area contributed by atoms with Gasteiger partial charge in [0.1, 0.15) is 0 Å². The van der Waals surface area contributed by atoms with Crippen LogP contribution < -0.4 is 0 Å². The fourth-order valence-electron chi connectivity index (χ4n) is 1.47. The number of rotatable bonds is 6. The topological polar surface area (TPSA) is 43.4 Å². The quantitative estimate of drug-likeness (QED) is 0.447. The number of benzene rings is 1. The third-order valence-corrected chi connectivity index (χ3v) is 3.21. The minimum atomic E-state index is -0.351. The molecule has 0 bridgehead atoms. The first kappa shape index (κ1) is 14.8. The van der Waals surface area contributed by atoms with Crippen LogP contribution in [0.5, 0.6) is 0 Å². The average Bonchev–Trinajstić information content (AvgIpc) is 2.34. The number of carbonyl (C=O) groups is 2. The molecule has 4 heteroatoms. The molecule has 0 aliphatic heterocycles. The first-order valence-corrected chi connectivity index (χ1v) is 6.91. The molecule has 0 aromatic heterocycles. The van der Waals surface area contributed by atoms with E-state index in [1.54, 1.807) is 24.3 Å². The number of hydrogen-bond donors (Lipinski definition) is 0. The molecule has 0 spiro atoms. The summed E-state index contributed by atoms with van der Waals surface area (Å²) in [5.41, 5.74) is 0.467. The molecular weight excluding hydrogens is 248 g/mol. The second-order valence-electron chi connectivity index (χ2n) is 3.93. The van der Waals surface area contributed by atoms with E-state index in [0.29, 0.717) is 17.1 Å². The van der Waals surface area contributed by atoms with Crippen molar-refractivity contribution in [1.29, 1.82) is 0 Å². The van der Waals surface area contributed by atoms with Crippen molar-refractivity contribution in [2.45, 2.75) is 38.0 Å². The van der Waals surface area contributed by atoms with Gasteiger partial charge in [0.05, 0.1) is 12.2 Å². The minimum Gasteiger partial charge on any atom is -0.462 e. The third kappa shape index (κ3) is 4.92. The Bertz CT molecular complexity index is 415. The summed E-state index contributed by atoms with van der Waals surface area (Å²) in [6, 6.07) is 7.02. The number of unbranched alkanes of at least 4 members (excludes halogenated alkanes) is 2. The van der Waals surface area contributed by atoms with Gasteiger partial charge in [-0.1, -0.05) is 43.7 Å². The first-order valence-electron chi connectivity index (χ1n) is 6.09. The molecule has 0 saturated carbocycles. The van der Waals surface area contributed by atoms with Crippen LogP contribution in [0.1, 0.15) is 43.5 Å². The lowest BCUT2D eigenvalue weighted by Gasteiger charge is -2.07. The number of ether oxygens (including phenoxy) is 1. The van der Waals surface area contributed by atoms with E-state index < -0.39 is 0 Å². The lowest BCUT2D eigenvalue weighted by Crippen LogP contribution is -2.08. The molecule has 0 radical (unpaired) electrons. The smallest absolute Gasteiger partial charge is 0.339 e. The number of thioether (sulfide) groups is 1. The van der Waals surface area contributed by atoms with Gasteiger partial charge in [0.15, 0.2) is 5.12 Å². The first-order chi connectivity index (χ1) is 8.65. The molecule has 0 N–H and O–H groups in total. The van der Waals surface area contributed by atoms with Crippen LogP contribution >= 0.6 is 11.8 Å². The second kappa shape index (κ2) is 7.93. The van der Waals surface area contributed by atoms with E-state index in [2.05, 4.69) is 6.92 Å². The standard InChI is InChI=1S/C14H18O3S/c1-3-4-7-10-17-14(16)12-8-5-6-9-13(12)18-11(2)15/h5-6,8-9H,3-4,7,10H2,1-2H3. The van der Waals surface area contributed by atoms with E-state index >= 15 is 0 Å². The zero-order valence-electron chi connectivity index (χ0n) is 10.8. The second-order valence-corrected chi connectivity index (χ2v) is 5.15. The van der Waals surface area contributed by atoms with Crippen molar-refractivity contribution in [2.75, 3.05) is 6.61 Å². The van der Waals surface area contributed by atoms with E-state index in [-0.39, 0.29) is 11.1 Å². The lowest BCUT2D eigenvalue weighted by atomic mass is 10.2. The molecule has 0 aliphatic carbocycles. The molecule has 98 valence electrons. The highest BCUT2D eigenvalue weighted by Gasteiger charge is 2.13. The Morgan fingerprint density at radius 2 is 1.94 bits per heavy atom. The molecule has 0 atom stereocenters. The van der Waals surface area contributed by atoms with E-state index in [9.17, 15) is 9.59 Å². The van der Waals surface area contributed by atoms with E-state index in [1.807, 2.05) is 0 Å². The molecule has 0 saturated heterocycles. The average molecular weight is 266 g/mol. The molecule has 0 unspecified atom stereocenters. The fraction of sp³-hybridized carbons (Fsp3) is 0.429. The molecule has 1 aromatic rings. The maximum absolute atomic E-state index is 11.9. The van der Waals surface area contributed by atoms with Crippen LogP contribution in [0.15, 0.2) is 29.2 Å². The molecular formula is C14H18O3S. The van der Waals surface area contributed by atoms with Crippen LogP contribution in [0.3, 0.4) is 0 Å². The summed E-state index contributed by atoms with van der Waals surface area (Å²) in [4.78, 5) is 23.6. The van der Waals surface area contributed by atoms with Crippen molar-refractivity contribution >= 4 is 22.8 Å². The highest BCUT2D eigenvalue weighted by Crippen LogP contribution is 2.23. The van der Waals surface area contributed by atoms with Gasteiger partial charge in [-0.3, -0.25) is 4.79 Å². The van der Waals surface area contributed by atoms with E-state index in [4.69, 9.17) is 4.74 Å². The SMILES string of the molecule is CCCCCOC(=O)c1ccccc1SC(C)=O. The fourth-order valence-corrected chi connectivity index (χ4v) is 2.19. The van der Waals surface area contributed by atoms with Gasteiger partial charge in [-0.05, 0) is 18.6 Å². The number of hydrogen-bond acceptors (Lipinski definition) is 4. The molecule has 1 aromatic carbocycles. The van der Waals surface area contributed by atoms with Gasteiger partial charge in [-0.2, -0.15) is 0 Å². The van der Waals surface area contributed by atoms with Crippen molar-refractivity contribution in [3.05, 3.63) is 29.8 Å². The molecule has 3 nitrogen and oxygen atoms in total. The molecule has 0 heterocycles. The summed E-state index contributed by atoms with van der Waals surface area (Å²) >= 11 is 1.06. The van der Waals surface area contributed by atoms with Crippen molar-refractivity contribution in [2.24, 2.45) is 0 Å². The molecule has 1 rings (SSSR count). The van der Waals surface area contributed by atoms with Crippen molar-refractivity contribution in [1.82, 2.24) is 0 Å². The van der Waals surface area contributed by atoms with Gasteiger partial charge in [-0.25, -0.2) is 4.79 Å². The van der Waals surface area contributed by atoms with E-state index in [1.165, 1.54) is 6.92 Å². The predicted octanol–water partition coefficient (Wildman–Crippen LogP) is 3.67. The Morgan fingerprint density at radius 3 is 2.61 bits per heavy atom. The Balaban J connectivity index is 2.63. The van der Waals surface area contributed by atoms with Gasteiger partial charge in [0.2, 0.25) is 0 Å². The minimum absolute atomic E-state index is 0.0405. The van der Waals surface area contributed by atoms with Crippen LogP contribution in [0.4, 0.5) is 0 Å². The molecule has 0 fully saturated rings.